The largest absolute Gasteiger partial charge is 0.469 e. The van der Waals surface area contributed by atoms with Gasteiger partial charge in [-0.2, -0.15) is 0 Å². The smallest absolute Gasteiger partial charge is 0.305 e. The van der Waals surface area contributed by atoms with Crippen molar-refractivity contribution >= 4 is 16.0 Å². The van der Waals surface area contributed by atoms with Crippen molar-refractivity contribution in [2.75, 3.05) is 26.5 Å². The maximum Gasteiger partial charge on any atom is 0.305 e. The maximum absolute atomic E-state index is 12.0. The lowest BCUT2D eigenvalue weighted by molar-refractivity contribution is -0.140. The third kappa shape index (κ3) is 5.66. The van der Waals surface area contributed by atoms with E-state index in [1.807, 2.05) is 12.1 Å². The normalized spacial score (nSPS) is 11.6. The average molecular weight is 300 g/mol. The van der Waals surface area contributed by atoms with Crippen molar-refractivity contribution in [3.63, 3.8) is 0 Å². The minimum absolute atomic E-state index is 0.0467. The average Bonchev–Trinajstić information content (AvgIpc) is 2.45. The van der Waals surface area contributed by atoms with E-state index in [0.717, 1.165) is 5.56 Å². The molecule has 7 heteroatoms. The number of methoxy groups -OCH3 is 1. The van der Waals surface area contributed by atoms with Crippen LogP contribution < -0.4 is 0 Å². The second kappa shape index (κ2) is 7.96. The lowest BCUT2D eigenvalue weighted by Crippen LogP contribution is -2.31. The van der Waals surface area contributed by atoms with Gasteiger partial charge in [-0.25, -0.2) is 12.7 Å². The van der Waals surface area contributed by atoms with E-state index in [1.54, 1.807) is 19.4 Å². The second-order valence-corrected chi connectivity index (χ2v) is 6.62. The predicted octanol–water partition coefficient (Wildman–Crippen LogP) is 0.839. The van der Waals surface area contributed by atoms with Crippen molar-refractivity contribution in [2.24, 2.45) is 0 Å². The van der Waals surface area contributed by atoms with Crippen LogP contribution in [0.3, 0.4) is 0 Å². The van der Waals surface area contributed by atoms with Crippen LogP contribution in [0.5, 0.6) is 0 Å². The molecule has 112 valence electrons. The van der Waals surface area contributed by atoms with Crippen molar-refractivity contribution in [3.8, 4) is 0 Å². The van der Waals surface area contributed by atoms with E-state index in [2.05, 4.69) is 9.72 Å². The van der Waals surface area contributed by atoms with Crippen molar-refractivity contribution < 1.29 is 17.9 Å². The van der Waals surface area contributed by atoms with Gasteiger partial charge in [0.2, 0.25) is 10.0 Å². The summed E-state index contributed by atoms with van der Waals surface area (Å²) in [6.07, 6.45) is 4.39. The minimum atomic E-state index is -3.32. The van der Waals surface area contributed by atoms with Gasteiger partial charge in [-0.15, -0.1) is 0 Å². The number of carbonyl (C=O) groups is 1. The highest BCUT2D eigenvalue weighted by molar-refractivity contribution is 7.89. The first kappa shape index (κ1) is 16.6. The summed E-state index contributed by atoms with van der Waals surface area (Å²) in [7, 11) is -0.485. The van der Waals surface area contributed by atoms with Crippen molar-refractivity contribution in [1.29, 1.82) is 0 Å². The van der Waals surface area contributed by atoms with Gasteiger partial charge in [0, 0.05) is 32.4 Å². The lowest BCUT2D eigenvalue weighted by Gasteiger charge is -2.16. The summed E-state index contributed by atoms with van der Waals surface area (Å²) in [5.41, 5.74) is 1.04. The van der Waals surface area contributed by atoms with Crippen molar-refractivity contribution in [1.82, 2.24) is 9.29 Å². The number of nitrogens with zero attached hydrogens (tertiary/aromatic N) is 2. The molecule has 0 spiro atoms. The van der Waals surface area contributed by atoms with Crippen LogP contribution in [0.1, 0.15) is 18.4 Å². The number of hydrogen-bond acceptors (Lipinski definition) is 5. The van der Waals surface area contributed by atoms with E-state index in [4.69, 9.17) is 0 Å². The summed E-state index contributed by atoms with van der Waals surface area (Å²) in [4.78, 5) is 14.9. The molecule has 0 aromatic carbocycles. The van der Waals surface area contributed by atoms with Gasteiger partial charge in [0.25, 0.3) is 0 Å². The molecule has 1 aromatic rings. The zero-order valence-electron chi connectivity index (χ0n) is 11.8. The predicted molar refractivity (Wildman–Crippen MR) is 75.6 cm³/mol. The van der Waals surface area contributed by atoms with Crippen LogP contribution in [0.4, 0.5) is 0 Å². The van der Waals surface area contributed by atoms with Crippen LogP contribution in [-0.2, 0) is 26.0 Å². The fraction of sp³-hybridized carbons (Fsp3) is 0.538. The molecule has 0 fully saturated rings. The number of carbonyl (C=O) groups excluding carboxylic acids is 1. The Morgan fingerprint density at radius 2 is 2.00 bits per heavy atom. The Labute approximate surface area is 119 Å². The second-order valence-electron chi connectivity index (χ2n) is 4.42. The first-order valence-electron chi connectivity index (χ1n) is 6.35. The number of ether oxygens (including phenoxy) is 1. The van der Waals surface area contributed by atoms with Gasteiger partial charge < -0.3 is 4.74 Å². The fourth-order valence-corrected chi connectivity index (χ4v) is 2.82. The molecule has 0 saturated heterocycles. The Bertz CT molecular complexity index is 516. The Kier molecular flexibility index (Phi) is 6.60. The van der Waals surface area contributed by atoms with E-state index in [-0.39, 0.29) is 24.6 Å². The molecule has 1 heterocycles. The number of hydrogen-bond donors (Lipinski definition) is 0. The summed E-state index contributed by atoms with van der Waals surface area (Å²) >= 11 is 0. The molecule has 0 atom stereocenters. The van der Waals surface area contributed by atoms with Crippen LogP contribution in [0.2, 0.25) is 0 Å². The van der Waals surface area contributed by atoms with Gasteiger partial charge in [-0.05, 0) is 30.5 Å². The first-order valence-corrected chi connectivity index (χ1v) is 7.96. The van der Waals surface area contributed by atoms with Gasteiger partial charge in [0.05, 0.1) is 12.9 Å². The molecule has 0 amide bonds. The molecule has 1 rings (SSSR count). The summed E-state index contributed by atoms with van der Waals surface area (Å²) < 4.78 is 29.8. The number of sulfonamides is 1. The zero-order valence-corrected chi connectivity index (χ0v) is 12.6. The molecular weight excluding hydrogens is 280 g/mol. The van der Waals surface area contributed by atoms with Crippen molar-refractivity contribution in [2.45, 2.75) is 19.3 Å². The SMILES string of the molecule is COC(=O)CCCS(=O)(=O)N(C)CCc1ccncc1. The number of pyridine rings is 1. The van der Waals surface area contributed by atoms with Gasteiger partial charge >= 0.3 is 5.97 Å². The molecule has 0 aliphatic carbocycles. The van der Waals surface area contributed by atoms with Gasteiger partial charge in [-0.1, -0.05) is 0 Å². The molecule has 0 bridgehead atoms. The third-order valence-corrected chi connectivity index (χ3v) is 4.89. The summed E-state index contributed by atoms with van der Waals surface area (Å²) in [6, 6.07) is 3.72. The summed E-state index contributed by atoms with van der Waals surface area (Å²) in [5.74, 6) is -0.436. The van der Waals surface area contributed by atoms with Crippen LogP contribution in [-0.4, -0.2) is 50.1 Å². The molecule has 0 aliphatic heterocycles. The van der Waals surface area contributed by atoms with E-state index in [1.165, 1.54) is 11.4 Å². The van der Waals surface area contributed by atoms with E-state index in [9.17, 15) is 13.2 Å². The molecule has 1 aromatic heterocycles. The fourth-order valence-electron chi connectivity index (χ4n) is 1.63. The van der Waals surface area contributed by atoms with Gasteiger partial charge in [0.1, 0.15) is 0 Å². The number of likely N-dealkylation sites (N-methyl/N-ethyl adjacent to an activating group) is 1. The molecular formula is C13H20N2O4S. The Morgan fingerprint density at radius 1 is 1.35 bits per heavy atom. The molecule has 0 saturated carbocycles. The van der Waals surface area contributed by atoms with Gasteiger partial charge in [-0.3, -0.25) is 9.78 Å². The topological polar surface area (TPSA) is 76.6 Å². The highest BCUT2D eigenvalue weighted by atomic mass is 32.2. The molecule has 0 aliphatic rings. The summed E-state index contributed by atoms with van der Waals surface area (Å²) in [6.45, 7) is 0.407. The molecule has 0 radical (unpaired) electrons. The number of rotatable bonds is 8. The third-order valence-electron chi connectivity index (χ3n) is 2.95. The lowest BCUT2D eigenvalue weighted by atomic mass is 10.2. The Hall–Kier alpha value is -1.47. The zero-order chi connectivity index (χ0) is 15.0. The van der Waals surface area contributed by atoms with E-state index >= 15 is 0 Å². The highest BCUT2D eigenvalue weighted by Gasteiger charge is 2.17. The van der Waals surface area contributed by atoms with E-state index in [0.29, 0.717) is 13.0 Å². The number of esters is 1. The quantitative estimate of drug-likeness (QED) is 0.665. The summed E-state index contributed by atoms with van der Waals surface area (Å²) in [5, 5.41) is 0. The molecule has 0 N–H and O–H groups in total. The van der Waals surface area contributed by atoms with Crippen LogP contribution in [0.25, 0.3) is 0 Å². The number of aromatic nitrogens is 1. The van der Waals surface area contributed by atoms with Crippen molar-refractivity contribution in [3.05, 3.63) is 30.1 Å². The highest BCUT2D eigenvalue weighted by Crippen LogP contribution is 2.06. The maximum atomic E-state index is 12.0. The minimum Gasteiger partial charge on any atom is -0.469 e. The molecule has 0 unspecified atom stereocenters. The van der Waals surface area contributed by atoms with Gasteiger partial charge in [0.15, 0.2) is 0 Å². The Morgan fingerprint density at radius 3 is 2.60 bits per heavy atom. The molecule has 6 nitrogen and oxygen atoms in total. The van der Waals surface area contributed by atoms with Crippen LogP contribution in [0, 0.1) is 0 Å². The molecule has 20 heavy (non-hydrogen) atoms. The van der Waals surface area contributed by atoms with Crippen LogP contribution in [0.15, 0.2) is 24.5 Å². The Balaban J connectivity index is 2.40. The monoisotopic (exact) mass is 300 g/mol. The van der Waals surface area contributed by atoms with Crippen LogP contribution >= 0.6 is 0 Å². The standard InChI is InChI=1S/C13H20N2O4S/c1-15(10-7-12-5-8-14-9-6-12)20(17,18)11-3-4-13(16)19-2/h5-6,8-9H,3-4,7,10-11H2,1-2H3. The first-order chi connectivity index (χ1) is 9.45. The van der Waals surface area contributed by atoms with E-state index < -0.39 is 10.0 Å².